The third-order valence-corrected chi connectivity index (χ3v) is 3.78. The van der Waals surface area contributed by atoms with Crippen LogP contribution < -0.4 is 5.32 Å². The first kappa shape index (κ1) is 16.5. The number of aromatic carboxylic acids is 1. The third-order valence-electron chi connectivity index (χ3n) is 3.47. The summed E-state index contributed by atoms with van der Waals surface area (Å²) in [6.45, 7) is 0. The maximum atomic E-state index is 12.4. The summed E-state index contributed by atoms with van der Waals surface area (Å²) in [5, 5.41) is 22.6. The molecule has 2 N–H and O–H groups in total. The van der Waals surface area contributed by atoms with E-state index in [1.165, 1.54) is 42.7 Å². The van der Waals surface area contributed by atoms with E-state index >= 15 is 0 Å². The van der Waals surface area contributed by atoms with Crippen molar-refractivity contribution in [2.75, 3.05) is 5.32 Å². The molecule has 9 heteroatoms. The molecule has 0 radical (unpaired) electrons. The van der Waals surface area contributed by atoms with Crippen LogP contribution in [-0.2, 0) is 0 Å². The van der Waals surface area contributed by atoms with Gasteiger partial charge in [0, 0.05) is 23.2 Å². The lowest BCUT2D eigenvalue weighted by molar-refractivity contribution is -0.384. The number of carboxylic acid groups (broad SMARTS) is 1. The molecule has 25 heavy (non-hydrogen) atoms. The molecule has 0 atom stereocenters. The van der Waals surface area contributed by atoms with Crippen LogP contribution in [0.3, 0.4) is 0 Å². The van der Waals surface area contributed by atoms with Crippen molar-refractivity contribution in [3.05, 3.63) is 68.9 Å². The second-order valence-electron chi connectivity index (χ2n) is 5.04. The number of fused-ring (bicyclic) bond motifs is 1. The van der Waals surface area contributed by atoms with Crippen LogP contribution in [0.1, 0.15) is 20.7 Å². The largest absolute Gasteiger partial charge is 0.478 e. The normalized spacial score (nSPS) is 10.6. The molecule has 0 aliphatic heterocycles. The van der Waals surface area contributed by atoms with Crippen LogP contribution in [0.25, 0.3) is 11.0 Å². The highest BCUT2D eigenvalue weighted by atomic mass is 35.5. The minimum atomic E-state index is -1.18. The van der Waals surface area contributed by atoms with Crippen molar-refractivity contribution in [3.63, 3.8) is 0 Å². The lowest BCUT2D eigenvalue weighted by Crippen LogP contribution is -2.11. The second kappa shape index (κ2) is 6.25. The Labute approximate surface area is 144 Å². The number of carbonyl (C=O) groups excluding carboxylic acids is 1. The Bertz CT molecular complexity index is 1030. The first-order valence-corrected chi connectivity index (χ1v) is 7.24. The number of amides is 1. The van der Waals surface area contributed by atoms with E-state index in [2.05, 4.69) is 5.32 Å². The van der Waals surface area contributed by atoms with Crippen molar-refractivity contribution in [1.29, 1.82) is 0 Å². The zero-order chi connectivity index (χ0) is 18.1. The Morgan fingerprint density at radius 3 is 2.56 bits per heavy atom. The van der Waals surface area contributed by atoms with Gasteiger partial charge in [0.25, 0.3) is 11.6 Å². The minimum absolute atomic E-state index is 0.0296. The number of furan rings is 1. The summed E-state index contributed by atoms with van der Waals surface area (Å²) in [5.74, 6) is -1.76. The summed E-state index contributed by atoms with van der Waals surface area (Å²) in [5.41, 5.74) is 0.452. The van der Waals surface area contributed by atoms with E-state index in [-0.39, 0.29) is 27.5 Å². The van der Waals surface area contributed by atoms with Crippen molar-refractivity contribution in [2.24, 2.45) is 0 Å². The minimum Gasteiger partial charge on any atom is -0.478 e. The first-order valence-electron chi connectivity index (χ1n) is 6.86. The van der Waals surface area contributed by atoms with E-state index in [9.17, 15) is 19.7 Å². The molecular formula is C16H9ClN2O6. The van der Waals surface area contributed by atoms with Crippen LogP contribution in [0.15, 0.2) is 47.1 Å². The molecule has 0 unspecified atom stereocenters. The van der Waals surface area contributed by atoms with Crippen LogP contribution in [0.2, 0.25) is 5.02 Å². The van der Waals surface area contributed by atoms with Gasteiger partial charge in [-0.3, -0.25) is 14.9 Å². The monoisotopic (exact) mass is 360 g/mol. The predicted molar refractivity (Wildman–Crippen MR) is 89.2 cm³/mol. The van der Waals surface area contributed by atoms with E-state index in [1.54, 1.807) is 0 Å². The average molecular weight is 361 g/mol. The second-order valence-corrected chi connectivity index (χ2v) is 5.45. The Kier molecular flexibility index (Phi) is 4.12. The number of rotatable bonds is 4. The molecule has 8 nitrogen and oxygen atoms in total. The number of anilines is 1. The summed E-state index contributed by atoms with van der Waals surface area (Å²) < 4.78 is 5.23. The summed E-state index contributed by atoms with van der Waals surface area (Å²) in [7, 11) is 0. The number of nitrogens with one attached hydrogen (secondary N) is 1. The Balaban J connectivity index is 1.92. The van der Waals surface area contributed by atoms with Gasteiger partial charge in [0.1, 0.15) is 11.8 Å². The highest BCUT2D eigenvalue weighted by Gasteiger charge is 2.18. The molecule has 3 aromatic rings. The highest BCUT2D eigenvalue weighted by Crippen LogP contribution is 2.27. The van der Waals surface area contributed by atoms with Gasteiger partial charge < -0.3 is 14.8 Å². The number of halogens is 1. The number of nitrogens with zero attached hydrogens (tertiary/aromatic N) is 1. The molecule has 1 aromatic heterocycles. The number of hydrogen-bond donors (Lipinski definition) is 2. The van der Waals surface area contributed by atoms with Crippen LogP contribution in [0.5, 0.6) is 0 Å². The smallest absolute Gasteiger partial charge is 0.337 e. The fourth-order valence-electron chi connectivity index (χ4n) is 2.27. The van der Waals surface area contributed by atoms with E-state index in [4.69, 9.17) is 21.1 Å². The maximum Gasteiger partial charge on any atom is 0.337 e. The van der Waals surface area contributed by atoms with Crippen molar-refractivity contribution in [3.8, 4) is 0 Å². The Hall–Kier alpha value is -3.39. The molecule has 0 saturated carbocycles. The number of benzene rings is 2. The van der Waals surface area contributed by atoms with E-state index in [0.29, 0.717) is 11.0 Å². The molecular weight excluding hydrogens is 352 g/mol. The molecule has 0 spiro atoms. The first-order chi connectivity index (χ1) is 11.9. The maximum absolute atomic E-state index is 12.4. The predicted octanol–water partition coefficient (Wildman–Crippen LogP) is 3.94. The van der Waals surface area contributed by atoms with Crippen molar-refractivity contribution in [2.45, 2.75) is 0 Å². The number of carboxylic acids is 1. The van der Waals surface area contributed by atoms with Crippen molar-refractivity contribution in [1.82, 2.24) is 0 Å². The highest BCUT2D eigenvalue weighted by molar-refractivity contribution is 6.34. The van der Waals surface area contributed by atoms with Gasteiger partial charge >= 0.3 is 5.97 Å². The van der Waals surface area contributed by atoms with Gasteiger partial charge in [-0.2, -0.15) is 0 Å². The summed E-state index contributed by atoms with van der Waals surface area (Å²) >= 11 is 5.86. The Morgan fingerprint density at radius 1 is 1.16 bits per heavy atom. The molecule has 126 valence electrons. The van der Waals surface area contributed by atoms with E-state index in [0.717, 1.165) is 0 Å². The third kappa shape index (κ3) is 3.15. The van der Waals surface area contributed by atoms with Crippen molar-refractivity contribution < 1.29 is 24.0 Å². The van der Waals surface area contributed by atoms with E-state index in [1.807, 2.05) is 0 Å². The lowest BCUT2D eigenvalue weighted by Gasteiger charge is -2.06. The summed E-state index contributed by atoms with van der Waals surface area (Å²) in [4.78, 5) is 33.6. The fourth-order valence-corrected chi connectivity index (χ4v) is 2.53. The van der Waals surface area contributed by atoms with Gasteiger partial charge in [-0.25, -0.2) is 4.79 Å². The molecule has 0 saturated heterocycles. The summed E-state index contributed by atoms with van der Waals surface area (Å²) in [6, 6.07) is 7.87. The molecule has 1 heterocycles. The van der Waals surface area contributed by atoms with Crippen molar-refractivity contribution >= 4 is 45.8 Å². The van der Waals surface area contributed by atoms with Gasteiger partial charge in [0.05, 0.1) is 21.1 Å². The number of non-ortho nitro benzene ring substituents is 1. The summed E-state index contributed by atoms with van der Waals surface area (Å²) in [6.07, 6.45) is 1.19. The number of nitro benzene ring substituents is 1. The fraction of sp³-hybridized carbons (Fsp3) is 0. The molecule has 2 aromatic carbocycles. The van der Waals surface area contributed by atoms with Gasteiger partial charge in [-0.1, -0.05) is 11.6 Å². The van der Waals surface area contributed by atoms with Crippen LogP contribution in [-0.4, -0.2) is 21.9 Å². The molecule has 3 rings (SSSR count). The molecule has 0 aliphatic rings. The number of nitro groups is 1. The van der Waals surface area contributed by atoms with Crippen LogP contribution >= 0.6 is 11.6 Å². The topological polar surface area (TPSA) is 123 Å². The molecule has 0 aliphatic carbocycles. The van der Waals surface area contributed by atoms with Crippen LogP contribution in [0, 0.1) is 10.1 Å². The number of carbonyl (C=O) groups is 2. The molecule has 1 amide bonds. The van der Waals surface area contributed by atoms with Gasteiger partial charge in [-0.05, 0) is 24.3 Å². The quantitative estimate of drug-likeness (QED) is 0.536. The zero-order valence-corrected chi connectivity index (χ0v) is 13.1. The molecule has 0 bridgehead atoms. The van der Waals surface area contributed by atoms with Crippen LogP contribution in [0.4, 0.5) is 11.4 Å². The van der Waals surface area contributed by atoms with Gasteiger partial charge in [0.15, 0.2) is 0 Å². The van der Waals surface area contributed by atoms with E-state index < -0.39 is 16.8 Å². The molecule has 0 fully saturated rings. The Morgan fingerprint density at radius 2 is 1.92 bits per heavy atom. The van der Waals surface area contributed by atoms with Gasteiger partial charge in [0.2, 0.25) is 0 Å². The zero-order valence-electron chi connectivity index (χ0n) is 12.4. The standard InChI is InChI=1S/C16H9ClN2O6/c17-13-5-8(1-3-10(13)16(21)22)18-15(20)12-7-25-14-4-2-9(19(23)24)6-11(12)14/h1-7H,(H,18,20)(H,21,22). The SMILES string of the molecule is O=C(O)c1ccc(NC(=O)c2coc3ccc([N+](=O)[O-])cc23)cc1Cl. The number of hydrogen-bond acceptors (Lipinski definition) is 5. The average Bonchev–Trinajstić information content (AvgIpc) is 2.97. The van der Waals surface area contributed by atoms with Gasteiger partial charge in [-0.15, -0.1) is 0 Å². The lowest BCUT2D eigenvalue weighted by atomic mass is 10.1.